The molecule has 4 heteroatoms. The van der Waals surface area contributed by atoms with Crippen LogP contribution in [0.3, 0.4) is 0 Å². The largest absolute Gasteiger partial charge is 0.383 e. The Labute approximate surface area is 94.6 Å². The predicted octanol–water partition coefficient (Wildman–Crippen LogP) is 2.65. The van der Waals surface area contributed by atoms with Crippen molar-refractivity contribution in [3.05, 3.63) is 29.6 Å². The van der Waals surface area contributed by atoms with Crippen LogP contribution in [-0.4, -0.2) is 27.3 Å². The Morgan fingerprint density at radius 3 is 2.80 bits per heavy atom. The van der Waals surface area contributed by atoms with Crippen molar-refractivity contribution in [2.24, 2.45) is 0 Å². The molecular formula is C11H15ClFNO. The summed E-state index contributed by atoms with van der Waals surface area (Å²) in [6.07, 6.45) is 0. The third-order valence-electron chi connectivity index (χ3n) is 2.27. The molecule has 0 saturated carbocycles. The molecule has 0 amide bonds. The van der Waals surface area contributed by atoms with Gasteiger partial charge in [-0.05, 0) is 12.1 Å². The van der Waals surface area contributed by atoms with Gasteiger partial charge in [0.1, 0.15) is 5.82 Å². The van der Waals surface area contributed by atoms with Gasteiger partial charge < -0.3 is 9.64 Å². The quantitative estimate of drug-likeness (QED) is 0.723. The van der Waals surface area contributed by atoms with Crippen molar-refractivity contribution in [2.75, 3.05) is 32.2 Å². The van der Waals surface area contributed by atoms with E-state index in [9.17, 15) is 4.39 Å². The van der Waals surface area contributed by atoms with Gasteiger partial charge in [0.25, 0.3) is 0 Å². The smallest absolute Gasteiger partial charge is 0.129 e. The molecule has 84 valence electrons. The summed E-state index contributed by atoms with van der Waals surface area (Å²) in [6.45, 7) is 1.32. The van der Waals surface area contributed by atoms with Gasteiger partial charge in [-0.25, -0.2) is 4.39 Å². The molecule has 2 nitrogen and oxygen atoms in total. The minimum atomic E-state index is -0.258. The first-order chi connectivity index (χ1) is 7.20. The maximum absolute atomic E-state index is 13.4. The number of rotatable bonds is 5. The van der Waals surface area contributed by atoms with E-state index in [2.05, 4.69) is 0 Å². The average molecular weight is 232 g/mol. The van der Waals surface area contributed by atoms with E-state index in [0.717, 1.165) is 5.69 Å². The molecule has 0 fully saturated rings. The summed E-state index contributed by atoms with van der Waals surface area (Å²) < 4.78 is 18.4. The first-order valence-electron chi connectivity index (χ1n) is 4.74. The number of alkyl halides is 1. The van der Waals surface area contributed by atoms with Crippen molar-refractivity contribution >= 4 is 17.3 Å². The Hall–Kier alpha value is -0.800. The summed E-state index contributed by atoms with van der Waals surface area (Å²) in [7, 11) is 3.53. The Morgan fingerprint density at radius 2 is 2.20 bits per heavy atom. The highest BCUT2D eigenvalue weighted by Crippen LogP contribution is 2.23. The molecule has 0 N–H and O–H groups in total. The summed E-state index contributed by atoms with van der Waals surface area (Å²) in [4.78, 5) is 1.93. The van der Waals surface area contributed by atoms with Crippen LogP contribution in [0.15, 0.2) is 18.2 Å². The lowest BCUT2D eigenvalue weighted by Crippen LogP contribution is -2.23. The number of hydrogen-bond acceptors (Lipinski definition) is 2. The van der Waals surface area contributed by atoms with E-state index in [1.54, 1.807) is 13.2 Å². The Kier molecular flexibility index (Phi) is 4.85. The van der Waals surface area contributed by atoms with E-state index in [-0.39, 0.29) is 11.7 Å². The summed E-state index contributed by atoms with van der Waals surface area (Å²) in [6, 6.07) is 4.96. The average Bonchev–Trinajstić information content (AvgIpc) is 2.25. The van der Waals surface area contributed by atoms with Gasteiger partial charge in [-0.3, -0.25) is 0 Å². The van der Waals surface area contributed by atoms with E-state index in [0.29, 0.717) is 18.7 Å². The molecule has 1 rings (SSSR count). The third-order valence-corrected chi connectivity index (χ3v) is 2.54. The van der Waals surface area contributed by atoms with E-state index in [4.69, 9.17) is 16.3 Å². The van der Waals surface area contributed by atoms with Crippen molar-refractivity contribution in [3.8, 4) is 0 Å². The van der Waals surface area contributed by atoms with Gasteiger partial charge in [0.05, 0.1) is 12.5 Å². The number of halogens is 2. The zero-order valence-electron chi connectivity index (χ0n) is 8.96. The topological polar surface area (TPSA) is 12.5 Å². The van der Waals surface area contributed by atoms with Gasteiger partial charge in [-0.2, -0.15) is 0 Å². The molecular weight excluding hydrogens is 217 g/mol. The normalized spacial score (nSPS) is 10.4. The fourth-order valence-electron chi connectivity index (χ4n) is 1.39. The molecule has 0 heterocycles. The second kappa shape index (κ2) is 5.93. The zero-order chi connectivity index (χ0) is 11.3. The number of ether oxygens (including phenoxy) is 1. The van der Waals surface area contributed by atoms with Crippen LogP contribution in [0, 0.1) is 5.82 Å². The van der Waals surface area contributed by atoms with Gasteiger partial charge in [0.2, 0.25) is 0 Å². The molecule has 0 aromatic heterocycles. The summed E-state index contributed by atoms with van der Waals surface area (Å²) >= 11 is 5.72. The number of benzene rings is 1. The van der Waals surface area contributed by atoms with Crippen LogP contribution in [0.2, 0.25) is 0 Å². The molecule has 0 aliphatic rings. The summed E-state index contributed by atoms with van der Waals surface area (Å²) in [5, 5.41) is 0. The Bertz CT molecular complexity index is 319. The molecule has 1 aromatic rings. The van der Waals surface area contributed by atoms with Crippen LogP contribution in [0.25, 0.3) is 0 Å². The minimum absolute atomic E-state index is 0.180. The van der Waals surface area contributed by atoms with Crippen LogP contribution in [0.5, 0.6) is 0 Å². The lowest BCUT2D eigenvalue weighted by Gasteiger charge is -2.21. The molecule has 0 aliphatic carbocycles. The number of likely N-dealkylation sites (N-methyl/N-ethyl adjacent to an activating group) is 1. The Balaban J connectivity index is 2.87. The SMILES string of the molecule is COCCN(C)c1cccc(F)c1CCl. The van der Waals surface area contributed by atoms with E-state index >= 15 is 0 Å². The molecule has 0 saturated heterocycles. The summed E-state index contributed by atoms with van der Waals surface area (Å²) in [5.74, 6) is -0.0777. The van der Waals surface area contributed by atoms with Crippen LogP contribution >= 0.6 is 11.6 Å². The lowest BCUT2D eigenvalue weighted by atomic mass is 10.1. The predicted molar refractivity (Wildman–Crippen MR) is 61.1 cm³/mol. The first-order valence-corrected chi connectivity index (χ1v) is 5.27. The number of nitrogens with zero attached hydrogens (tertiary/aromatic N) is 1. The zero-order valence-corrected chi connectivity index (χ0v) is 9.72. The fourth-order valence-corrected chi connectivity index (χ4v) is 1.65. The number of methoxy groups -OCH3 is 1. The van der Waals surface area contributed by atoms with Gasteiger partial charge in [0, 0.05) is 32.0 Å². The van der Waals surface area contributed by atoms with E-state index in [1.807, 2.05) is 18.0 Å². The van der Waals surface area contributed by atoms with Gasteiger partial charge in [-0.15, -0.1) is 11.6 Å². The molecule has 0 atom stereocenters. The molecule has 0 unspecified atom stereocenters. The lowest BCUT2D eigenvalue weighted by molar-refractivity contribution is 0.206. The second-order valence-corrected chi connectivity index (χ2v) is 3.55. The first kappa shape index (κ1) is 12.3. The Morgan fingerprint density at radius 1 is 1.47 bits per heavy atom. The molecule has 0 bridgehead atoms. The minimum Gasteiger partial charge on any atom is -0.383 e. The van der Waals surface area contributed by atoms with Crippen LogP contribution in [0.1, 0.15) is 5.56 Å². The number of hydrogen-bond donors (Lipinski definition) is 0. The molecule has 0 spiro atoms. The van der Waals surface area contributed by atoms with Crippen molar-refractivity contribution in [1.82, 2.24) is 0 Å². The highest BCUT2D eigenvalue weighted by atomic mass is 35.5. The van der Waals surface area contributed by atoms with Crippen molar-refractivity contribution in [3.63, 3.8) is 0 Å². The second-order valence-electron chi connectivity index (χ2n) is 3.29. The van der Waals surface area contributed by atoms with Crippen LogP contribution in [0.4, 0.5) is 10.1 Å². The van der Waals surface area contributed by atoms with Crippen molar-refractivity contribution in [2.45, 2.75) is 5.88 Å². The fraction of sp³-hybridized carbons (Fsp3) is 0.455. The molecule has 1 aromatic carbocycles. The van der Waals surface area contributed by atoms with Crippen LogP contribution < -0.4 is 4.90 Å². The van der Waals surface area contributed by atoms with Crippen LogP contribution in [-0.2, 0) is 10.6 Å². The van der Waals surface area contributed by atoms with Gasteiger partial charge in [-0.1, -0.05) is 6.07 Å². The molecule has 0 radical (unpaired) electrons. The van der Waals surface area contributed by atoms with E-state index < -0.39 is 0 Å². The highest BCUT2D eigenvalue weighted by molar-refractivity contribution is 6.17. The molecule has 0 aliphatic heterocycles. The van der Waals surface area contributed by atoms with Crippen molar-refractivity contribution in [1.29, 1.82) is 0 Å². The molecule has 15 heavy (non-hydrogen) atoms. The van der Waals surface area contributed by atoms with Gasteiger partial charge in [0.15, 0.2) is 0 Å². The third kappa shape index (κ3) is 3.08. The van der Waals surface area contributed by atoms with E-state index in [1.165, 1.54) is 6.07 Å². The maximum Gasteiger partial charge on any atom is 0.129 e. The number of anilines is 1. The van der Waals surface area contributed by atoms with Gasteiger partial charge >= 0.3 is 0 Å². The maximum atomic E-state index is 13.4. The standard InChI is InChI=1S/C11H15ClFNO/c1-14(6-7-15-2)11-5-3-4-10(13)9(11)8-12/h3-5H,6-8H2,1-2H3. The highest BCUT2D eigenvalue weighted by Gasteiger charge is 2.10. The monoisotopic (exact) mass is 231 g/mol. The van der Waals surface area contributed by atoms with Crippen molar-refractivity contribution < 1.29 is 9.13 Å². The summed E-state index contributed by atoms with van der Waals surface area (Å²) in [5.41, 5.74) is 1.36.